The molecule has 1 aromatic heterocycles. The van der Waals surface area contributed by atoms with Crippen LogP contribution in [0.3, 0.4) is 0 Å². The van der Waals surface area contributed by atoms with E-state index >= 15 is 0 Å². The Kier molecular flexibility index (Phi) is 5.54. The van der Waals surface area contributed by atoms with Crippen molar-refractivity contribution < 1.29 is 9.90 Å². The van der Waals surface area contributed by atoms with Crippen LogP contribution in [-0.2, 0) is 11.2 Å². The van der Waals surface area contributed by atoms with Crippen molar-refractivity contribution in [2.75, 3.05) is 6.54 Å². The molecule has 0 aliphatic rings. The van der Waals surface area contributed by atoms with Crippen LogP contribution < -0.4 is 5.32 Å². The zero-order chi connectivity index (χ0) is 14.5. The van der Waals surface area contributed by atoms with Crippen LogP contribution in [0.15, 0.2) is 12.4 Å². The Balaban J connectivity index is 2.84. The number of nitrogens with zero attached hydrogens (tertiary/aromatic N) is 2. The third-order valence-corrected chi connectivity index (χ3v) is 3.44. The highest BCUT2D eigenvalue weighted by molar-refractivity contribution is 5.78. The van der Waals surface area contributed by atoms with Crippen molar-refractivity contribution in [1.82, 2.24) is 14.9 Å². The summed E-state index contributed by atoms with van der Waals surface area (Å²) in [6.45, 7) is 8.46. The van der Waals surface area contributed by atoms with Crippen LogP contribution in [0.1, 0.15) is 52.4 Å². The highest BCUT2D eigenvalue weighted by atomic mass is 16.4. The summed E-state index contributed by atoms with van der Waals surface area (Å²) < 4.78 is 2.09. The summed E-state index contributed by atoms with van der Waals surface area (Å²) in [5, 5.41) is 12.5. The molecule has 0 saturated carbocycles. The monoisotopic (exact) mass is 267 g/mol. The summed E-state index contributed by atoms with van der Waals surface area (Å²) in [6.07, 6.45) is 6.20. The van der Waals surface area contributed by atoms with E-state index in [1.807, 2.05) is 20.0 Å². The SMILES string of the molecule is CCCc1nccn1C(C)CC(C)(NCC)C(=O)O. The smallest absolute Gasteiger partial charge is 0.323 e. The van der Waals surface area contributed by atoms with Crippen LogP contribution in [0.5, 0.6) is 0 Å². The van der Waals surface area contributed by atoms with Gasteiger partial charge in [-0.2, -0.15) is 0 Å². The van der Waals surface area contributed by atoms with Crippen LogP contribution in [0, 0.1) is 0 Å². The van der Waals surface area contributed by atoms with E-state index in [0.29, 0.717) is 13.0 Å². The number of imidazole rings is 1. The molecular weight excluding hydrogens is 242 g/mol. The van der Waals surface area contributed by atoms with Gasteiger partial charge in [0.1, 0.15) is 11.4 Å². The predicted octanol–water partition coefficient (Wildman–Crippen LogP) is 2.24. The number of rotatable bonds is 8. The van der Waals surface area contributed by atoms with Crippen LogP contribution in [-0.4, -0.2) is 32.7 Å². The van der Waals surface area contributed by atoms with E-state index in [2.05, 4.69) is 21.8 Å². The van der Waals surface area contributed by atoms with Crippen LogP contribution in [0.2, 0.25) is 0 Å². The van der Waals surface area contributed by atoms with Gasteiger partial charge in [0.25, 0.3) is 0 Å². The molecule has 0 bridgehead atoms. The topological polar surface area (TPSA) is 67.2 Å². The molecule has 5 heteroatoms. The number of carbonyl (C=O) groups is 1. The van der Waals surface area contributed by atoms with Gasteiger partial charge in [-0.3, -0.25) is 4.79 Å². The fourth-order valence-electron chi connectivity index (χ4n) is 2.48. The third-order valence-electron chi connectivity index (χ3n) is 3.44. The quantitative estimate of drug-likeness (QED) is 0.758. The zero-order valence-electron chi connectivity index (χ0n) is 12.3. The van der Waals surface area contributed by atoms with Crippen molar-refractivity contribution in [3.8, 4) is 0 Å². The predicted molar refractivity (Wildman–Crippen MR) is 75.3 cm³/mol. The fraction of sp³-hybridized carbons (Fsp3) is 0.714. The first-order chi connectivity index (χ1) is 8.94. The fourth-order valence-corrected chi connectivity index (χ4v) is 2.48. The van der Waals surface area contributed by atoms with Crippen molar-refractivity contribution in [2.24, 2.45) is 0 Å². The molecule has 0 spiro atoms. The minimum absolute atomic E-state index is 0.101. The molecule has 2 N–H and O–H groups in total. The molecule has 0 radical (unpaired) electrons. The Bertz CT molecular complexity index is 417. The Labute approximate surface area is 115 Å². The number of carboxylic acids is 1. The first-order valence-corrected chi connectivity index (χ1v) is 6.94. The van der Waals surface area contributed by atoms with Gasteiger partial charge in [-0.05, 0) is 33.2 Å². The molecule has 0 aliphatic carbocycles. The van der Waals surface area contributed by atoms with Crippen molar-refractivity contribution in [3.05, 3.63) is 18.2 Å². The maximum Gasteiger partial charge on any atom is 0.323 e. The van der Waals surface area contributed by atoms with Crippen molar-refractivity contribution >= 4 is 5.97 Å². The lowest BCUT2D eigenvalue weighted by Gasteiger charge is -2.30. The number of hydrogen-bond donors (Lipinski definition) is 2. The Morgan fingerprint density at radius 3 is 2.79 bits per heavy atom. The number of hydrogen-bond acceptors (Lipinski definition) is 3. The molecular formula is C14H25N3O2. The minimum atomic E-state index is -0.901. The first-order valence-electron chi connectivity index (χ1n) is 6.94. The molecule has 2 unspecified atom stereocenters. The van der Waals surface area contributed by atoms with E-state index in [4.69, 9.17) is 0 Å². The molecule has 108 valence electrons. The number of aryl methyl sites for hydroxylation is 1. The molecule has 1 aromatic rings. The van der Waals surface area contributed by atoms with E-state index in [0.717, 1.165) is 18.7 Å². The molecule has 0 fully saturated rings. The molecule has 0 aliphatic heterocycles. The summed E-state index contributed by atoms with van der Waals surface area (Å²) in [7, 11) is 0. The van der Waals surface area contributed by atoms with E-state index in [1.165, 1.54) is 0 Å². The minimum Gasteiger partial charge on any atom is -0.480 e. The molecule has 2 atom stereocenters. The van der Waals surface area contributed by atoms with E-state index in [-0.39, 0.29) is 6.04 Å². The van der Waals surface area contributed by atoms with Crippen LogP contribution in [0.4, 0.5) is 0 Å². The molecule has 19 heavy (non-hydrogen) atoms. The molecule has 1 rings (SSSR count). The highest BCUT2D eigenvalue weighted by Gasteiger charge is 2.34. The van der Waals surface area contributed by atoms with Gasteiger partial charge >= 0.3 is 5.97 Å². The molecule has 5 nitrogen and oxygen atoms in total. The lowest BCUT2D eigenvalue weighted by molar-refractivity contribution is -0.144. The number of nitrogens with one attached hydrogen (secondary N) is 1. The number of aliphatic carboxylic acids is 1. The Morgan fingerprint density at radius 2 is 2.26 bits per heavy atom. The van der Waals surface area contributed by atoms with Gasteiger partial charge in [0.05, 0.1) is 0 Å². The maximum atomic E-state index is 11.4. The molecule has 0 saturated heterocycles. The summed E-state index contributed by atoms with van der Waals surface area (Å²) in [5.41, 5.74) is -0.901. The van der Waals surface area contributed by atoms with Crippen molar-refractivity contribution in [2.45, 2.75) is 58.5 Å². The van der Waals surface area contributed by atoms with Gasteiger partial charge in [0.15, 0.2) is 0 Å². The lowest BCUT2D eigenvalue weighted by Crippen LogP contribution is -2.50. The second-order valence-corrected chi connectivity index (χ2v) is 5.22. The lowest BCUT2D eigenvalue weighted by atomic mass is 9.93. The molecule has 0 amide bonds. The standard InChI is InChI=1S/C14H25N3O2/c1-5-7-12-15-8-9-17(12)11(3)10-14(4,13(18)19)16-6-2/h8-9,11,16H,5-7,10H2,1-4H3,(H,18,19). The van der Waals surface area contributed by atoms with Crippen molar-refractivity contribution in [3.63, 3.8) is 0 Å². The van der Waals surface area contributed by atoms with Gasteiger partial charge in [-0.15, -0.1) is 0 Å². The highest BCUT2D eigenvalue weighted by Crippen LogP contribution is 2.23. The number of carboxylic acid groups (broad SMARTS) is 1. The molecule has 0 aromatic carbocycles. The van der Waals surface area contributed by atoms with Gasteiger partial charge in [-0.1, -0.05) is 13.8 Å². The Hall–Kier alpha value is -1.36. The second-order valence-electron chi connectivity index (χ2n) is 5.22. The Morgan fingerprint density at radius 1 is 1.58 bits per heavy atom. The summed E-state index contributed by atoms with van der Waals surface area (Å²) in [6, 6.07) is 0.101. The zero-order valence-corrected chi connectivity index (χ0v) is 12.3. The summed E-state index contributed by atoms with van der Waals surface area (Å²) in [5.74, 6) is 0.220. The van der Waals surface area contributed by atoms with Gasteiger partial charge in [0.2, 0.25) is 0 Å². The summed E-state index contributed by atoms with van der Waals surface area (Å²) >= 11 is 0. The normalized spacial score (nSPS) is 16.0. The number of aromatic nitrogens is 2. The van der Waals surface area contributed by atoms with Crippen LogP contribution >= 0.6 is 0 Å². The summed E-state index contributed by atoms with van der Waals surface area (Å²) in [4.78, 5) is 15.8. The van der Waals surface area contributed by atoms with E-state index in [9.17, 15) is 9.90 Å². The van der Waals surface area contributed by atoms with E-state index < -0.39 is 11.5 Å². The maximum absolute atomic E-state index is 11.4. The average molecular weight is 267 g/mol. The van der Waals surface area contributed by atoms with Crippen LogP contribution in [0.25, 0.3) is 0 Å². The van der Waals surface area contributed by atoms with E-state index in [1.54, 1.807) is 13.1 Å². The largest absolute Gasteiger partial charge is 0.480 e. The molecule has 1 heterocycles. The third kappa shape index (κ3) is 3.80. The van der Waals surface area contributed by atoms with Gasteiger partial charge in [-0.25, -0.2) is 4.98 Å². The first kappa shape index (κ1) is 15.7. The average Bonchev–Trinajstić information content (AvgIpc) is 2.77. The van der Waals surface area contributed by atoms with Gasteiger partial charge in [0, 0.05) is 24.9 Å². The van der Waals surface area contributed by atoms with Gasteiger partial charge < -0.3 is 15.0 Å². The number of likely N-dealkylation sites (N-methyl/N-ethyl adjacent to an activating group) is 1. The van der Waals surface area contributed by atoms with Crippen molar-refractivity contribution in [1.29, 1.82) is 0 Å². The second kappa shape index (κ2) is 6.70.